The molecular formula is C21H22Br4N2O4. The lowest BCUT2D eigenvalue weighted by molar-refractivity contribution is -0.141. The van der Waals surface area contributed by atoms with Gasteiger partial charge in [0.1, 0.15) is 0 Å². The van der Waals surface area contributed by atoms with Gasteiger partial charge >= 0.3 is 0 Å². The van der Waals surface area contributed by atoms with Crippen LogP contribution in [-0.4, -0.2) is 65.8 Å². The van der Waals surface area contributed by atoms with Gasteiger partial charge in [0.2, 0.25) is 23.6 Å². The van der Waals surface area contributed by atoms with Crippen molar-refractivity contribution in [2.45, 2.75) is 38.6 Å². The highest BCUT2D eigenvalue weighted by molar-refractivity contribution is 9.12. The van der Waals surface area contributed by atoms with Crippen molar-refractivity contribution in [3.05, 3.63) is 0 Å². The summed E-state index contributed by atoms with van der Waals surface area (Å²) in [6.45, 7) is 0.566. The summed E-state index contributed by atoms with van der Waals surface area (Å²) in [5, 5.41) is 0. The van der Waals surface area contributed by atoms with Crippen LogP contribution in [-0.2, 0) is 19.2 Å². The van der Waals surface area contributed by atoms with Crippen LogP contribution in [0, 0.1) is 47.3 Å². The Morgan fingerprint density at radius 1 is 0.548 bits per heavy atom. The summed E-state index contributed by atoms with van der Waals surface area (Å²) in [4.78, 5) is 55.8. The Morgan fingerprint density at radius 3 is 1.06 bits per heavy atom. The van der Waals surface area contributed by atoms with Crippen molar-refractivity contribution in [2.75, 3.05) is 13.1 Å². The number of alkyl halides is 4. The fourth-order valence-electron chi connectivity index (χ4n) is 7.65. The minimum Gasteiger partial charge on any atom is -0.282 e. The smallest absolute Gasteiger partial charge is 0.233 e. The molecule has 0 aromatic rings. The van der Waals surface area contributed by atoms with Crippen LogP contribution in [0.3, 0.4) is 0 Å². The largest absolute Gasteiger partial charge is 0.282 e. The van der Waals surface area contributed by atoms with Gasteiger partial charge in [-0.3, -0.25) is 29.0 Å². The first-order valence-corrected chi connectivity index (χ1v) is 14.7. The van der Waals surface area contributed by atoms with Crippen LogP contribution in [0.1, 0.15) is 19.3 Å². The highest BCUT2D eigenvalue weighted by Crippen LogP contribution is 2.61. The number of rotatable bonds is 4. The standard InChI is InChI=1S/C21H22Br4N2O4/c22-14-6-4-7(15(14)23)11-10(6)18(28)26(19(11)29)2-1-3-27-20(30)12-8-5-9(13(12)21(27)31)17(25)16(8)24/h6-17H,1-5H2. The van der Waals surface area contributed by atoms with Gasteiger partial charge in [-0.2, -0.15) is 0 Å². The number of carbonyl (C=O) groups excluding carboxylic acids is 4. The van der Waals surface area contributed by atoms with Crippen LogP contribution in [0.25, 0.3) is 0 Å². The van der Waals surface area contributed by atoms with Crippen molar-refractivity contribution >= 4 is 87.3 Å². The second-order valence-corrected chi connectivity index (χ2v) is 14.2. The first-order chi connectivity index (χ1) is 14.7. The van der Waals surface area contributed by atoms with E-state index >= 15 is 0 Å². The predicted octanol–water partition coefficient (Wildman–Crippen LogP) is 2.93. The highest BCUT2D eigenvalue weighted by atomic mass is 79.9. The van der Waals surface area contributed by atoms with Crippen LogP contribution < -0.4 is 0 Å². The van der Waals surface area contributed by atoms with Gasteiger partial charge in [0.15, 0.2) is 0 Å². The molecule has 12 atom stereocenters. The quantitative estimate of drug-likeness (QED) is 0.337. The maximum absolute atomic E-state index is 13.0. The molecule has 0 radical (unpaired) electrons. The van der Waals surface area contributed by atoms with E-state index < -0.39 is 0 Å². The summed E-state index contributed by atoms with van der Waals surface area (Å²) in [6.07, 6.45) is 2.28. The number of likely N-dealkylation sites (tertiary alicyclic amines) is 2. The molecule has 2 aliphatic heterocycles. The fourth-order valence-corrected chi connectivity index (χ4v) is 11.4. The van der Waals surface area contributed by atoms with E-state index in [9.17, 15) is 19.2 Å². The molecule has 2 heterocycles. The van der Waals surface area contributed by atoms with E-state index in [0.29, 0.717) is 6.42 Å². The van der Waals surface area contributed by atoms with Gasteiger partial charge in [0.25, 0.3) is 0 Å². The third-order valence-electron chi connectivity index (χ3n) is 8.92. The lowest BCUT2D eigenvalue weighted by Crippen LogP contribution is -2.38. The minimum atomic E-state index is -0.215. The van der Waals surface area contributed by atoms with Gasteiger partial charge in [-0.25, -0.2) is 0 Å². The van der Waals surface area contributed by atoms with Crippen LogP contribution in [0.2, 0.25) is 0 Å². The molecule has 10 heteroatoms. The number of imide groups is 2. The Labute approximate surface area is 214 Å². The van der Waals surface area contributed by atoms with E-state index in [1.807, 2.05) is 0 Å². The molecule has 4 amide bonds. The van der Waals surface area contributed by atoms with Crippen molar-refractivity contribution < 1.29 is 19.2 Å². The second-order valence-electron chi connectivity index (χ2n) is 10.0. The Bertz CT molecular complexity index is 767. The van der Waals surface area contributed by atoms with E-state index in [0.717, 1.165) is 12.8 Å². The number of hydrogen-bond acceptors (Lipinski definition) is 4. The fraction of sp³-hybridized carbons (Fsp3) is 0.810. The van der Waals surface area contributed by atoms with Gasteiger partial charge in [-0.15, -0.1) is 0 Å². The Kier molecular flexibility index (Phi) is 5.15. The number of nitrogens with zero attached hydrogens (tertiary/aromatic N) is 2. The van der Waals surface area contributed by atoms with Crippen molar-refractivity contribution in [3.63, 3.8) is 0 Å². The average molecular weight is 686 g/mol. The predicted molar refractivity (Wildman–Crippen MR) is 126 cm³/mol. The summed E-state index contributed by atoms with van der Waals surface area (Å²) >= 11 is 14.8. The molecule has 12 unspecified atom stereocenters. The molecule has 0 N–H and O–H groups in total. The normalized spacial score (nSPS) is 52.1. The monoisotopic (exact) mass is 682 g/mol. The van der Waals surface area contributed by atoms with Crippen molar-refractivity contribution in [3.8, 4) is 0 Å². The Hall–Kier alpha value is 0.200. The Balaban J connectivity index is 1.12. The van der Waals surface area contributed by atoms with Crippen molar-refractivity contribution in [1.82, 2.24) is 9.80 Å². The lowest BCUT2D eigenvalue weighted by Gasteiger charge is -2.28. The van der Waals surface area contributed by atoms with Crippen LogP contribution in [0.4, 0.5) is 0 Å². The van der Waals surface area contributed by atoms with Gasteiger partial charge in [-0.1, -0.05) is 63.7 Å². The minimum absolute atomic E-state index is 0.0652. The van der Waals surface area contributed by atoms with E-state index in [1.54, 1.807) is 0 Å². The first kappa shape index (κ1) is 21.7. The maximum atomic E-state index is 13.0. The van der Waals surface area contributed by atoms with E-state index in [1.165, 1.54) is 9.80 Å². The average Bonchev–Trinajstić information content (AvgIpc) is 3.53. The molecule has 6 nitrogen and oxygen atoms in total. The second kappa shape index (κ2) is 7.35. The molecule has 4 bridgehead atoms. The molecule has 6 rings (SSSR count). The topological polar surface area (TPSA) is 74.8 Å². The van der Waals surface area contributed by atoms with Gasteiger partial charge < -0.3 is 0 Å². The third-order valence-corrected chi connectivity index (χ3v) is 15.3. The van der Waals surface area contributed by atoms with E-state index in [-0.39, 0.29) is 103 Å². The number of amides is 4. The van der Waals surface area contributed by atoms with Gasteiger partial charge in [-0.05, 0) is 42.9 Å². The van der Waals surface area contributed by atoms with Crippen LogP contribution in [0.15, 0.2) is 0 Å². The zero-order valence-corrected chi connectivity index (χ0v) is 22.8. The highest BCUT2D eigenvalue weighted by Gasteiger charge is 2.67. The number of halogens is 4. The molecular weight excluding hydrogens is 664 g/mol. The van der Waals surface area contributed by atoms with E-state index in [2.05, 4.69) is 63.7 Å². The molecule has 0 aromatic heterocycles. The lowest BCUT2D eigenvalue weighted by atomic mass is 9.81. The third kappa shape index (κ3) is 2.71. The van der Waals surface area contributed by atoms with Crippen molar-refractivity contribution in [1.29, 1.82) is 0 Å². The molecule has 6 aliphatic rings. The molecule has 0 aromatic carbocycles. The molecule has 4 aliphatic carbocycles. The summed E-state index contributed by atoms with van der Waals surface area (Å²) in [6, 6.07) is 0. The molecule has 168 valence electrons. The van der Waals surface area contributed by atoms with Crippen molar-refractivity contribution in [2.24, 2.45) is 47.3 Å². The first-order valence-electron chi connectivity index (χ1n) is 11.0. The SMILES string of the molecule is O=C1C2C3CC(C(Br)C3Br)C2C(=O)N1CCCN1C(=O)C2C3CC(C(Br)C3Br)C2C1=O. The van der Waals surface area contributed by atoms with Gasteiger partial charge in [0.05, 0.1) is 23.7 Å². The maximum Gasteiger partial charge on any atom is 0.233 e. The number of carbonyl (C=O) groups is 4. The number of fused-ring (bicyclic) bond motifs is 10. The Morgan fingerprint density at radius 2 is 0.806 bits per heavy atom. The number of hydrogen-bond donors (Lipinski definition) is 0. The summed E-state index contributed by atoms with van der Waals surface area (Å²) in [7, 11) is 0. The zero-order chi connectivity index (χ0) is 21.9. The molecule has 31 heavy (non-hydrogen) atoms. The van der Waals surface area contributed by atoms with Gasteiger partial charge in [0, 0.05) is 32.4 Å². The van der Waals surface area contributed by atoms with Crippen LogP contribution >= 0.6 is 63.7 Å². The van der Waals surface area contributed by atoms with E-state index in [4.69, 9.17) is 0 Å². The summed E-state index contributed by atoms with van der Waals surface area (Å²) in [5.41, 5.74) is 0. The van der Waals surface area contributed by atoms with Crippen LogP contribution in [0.5, 0.6) is 0 Å². The molecule has 2 saturated heterocycles. The zero-order valence-electron chi connectivity index (χ0n) is 16.5. The molecule has 6 fully saturated rings. The summed E-state index contributed by atoms with van der Waals surface area (Å²) in [5.74, 6) is -0.319. The molecule has 0 spiro atoms. The summed E-state index contributed by atoms with van der Waals surface area (Å²) < 4.78 is 0. The molecule has 4 saturated carbocycles.